The first-order valence-corrected chi connectivity index (χ1v) is 8.87. The highest BCUT2D eigenvalue weighted by Crippen LogP contribution is 2.29. The highest BCUT2D eigenvalue weighted by Gasteiger charge is 2.18. The first-order valence-electron chi connectivity index (χ1n) is 8.05. The molecule has 0 radical (unpaired) electrons. The lowest BCUT2D eigenvalue weighted by Crippen LogP contribution is -2.37. The Morgan fingerprint density at radius 3 is 2.46 bits per heavy atom. The van der Waals surface area contributed by atoms with Gasteiger partial charge in [-0.15, -0.1) is 11.3 Å². The van der Waals surface area contributed by atoms with Crippen LogP contribution in [0.1, 0.15) is 16.8 Å². The molecule has 1 aromatic carbocycles. The average Bonchev–Trinajstić information content (AvgIpc) is 2.89. The van der Waals surface area contributed by atoms with Crippen molar-refractivity contribution in [2.45, 2.75) is 20.3 Å². The van der Waals surface area contributed by atoms with Crippen molar-refractivity contribution < 1.29 is 9.18 Å². The monoisotopic (exact) mass is 349 g/mol. The number of halogens is 1. The lowest BCUT2D eigenvalue weighted by molar-refractivity contribution is -0.130. The average molecular weight is 349 g/mol. The predicted molar refractivity (Wildman–Crippen MR) is 96.8 cm³/mol. The van der Waals surface area contributed by atoms with Gasteiger partial charge in [0.1, 0.15) is 5.82 Å². The molecule has 0 aliphatic rings. The number of likely N-dealkylation sites (N-methyl/N-ethyl adjacent to an activating group) is 2. The summed E-state index contributed by atoms with van der Waals surface area (Å²) < 4.78 is 13.1. The Hall–Kier alpha value is -1.79. The van der Waals surface area contributed by atoms with Gasteiger partial charge in [-0.25, -0.2) is 9.37 Å². The van der Waals surface area contributed by atoms with Crippen LogP contribution >= 0.6 is 11.3 Å². The van der Waals surface area contributed by atoms with Crippen LogP contribution in [0.15, 0.2) is 24.3 Å². The van der Waals surface area contributed by atoms with Crippen LogP contribution in [0, 0.1) is 12.7 Å². The molecule has 2 aromatic rings. The number of hydrogen-bond acceptors (Lipinski definition) is 4. The van der Waals surface area contributed by atoms with Gasteiger partial charge in [0.25, 0.3) is 0 Å². The lowest BCUT2D eigenvalue weighted by atomic mass is 10.1. The number of carbonyl (C=O) groups excluding carboxylic acids is 1. The highest BCUT2D eigenvalue weighted by atomic mass is 32.1. The third kappa shape index (κ3) is 4.85. The molecule has 0 fully saturated rings. The Morgan fingerprint density at radius 2 is 1.88 bits per heavy atom. The van der Waals surface area contributed by atoms with Crippen LogP contribution in [0.4, 0.5) is 4.39 Å². The summed E-state index contributed by atoms with van der Waals surface area (Å²) in [6.45, 7) is 6.16. The van der Waals surface area contributed by atoms with E-state index in [4.69, 9.17) is 0 Å². The van der Waals surface area contributed by atoms with E-state index in [0.717, 1.165) is 27.7 Å². The number of hydrogen-bond donors (Lipinski definition) is 0. The Bertz CT molecular complexity index is 682. The molecule has 0 unspecified atom stereocenters. The van der Waals surface area contributed by atoms with Crippen molar-refractivity contribution in [1.82, 2.24) is 14.8 Å². The summed E-state index contributed by atoms with van der Waals surface area (Å²) in [5.41, 5.74) is 1.63. The summed E-state index contributed by atoms with van der Waals surface area (Å²) in [4.78, 5) is 22.0. The number of carbonyl (C=O) groups is 1. The number of benzene rings is 1. The summed E-state index contributed by atoms with van der Waals surface area (Å²) in [5.74, 6) is -0.171. The van der Waals surface area contributed by atoms with Gasteiger partial charge in [-0.05, 0) is 52.2 Å². The van der Waals surface area contributed by atoms with Crippen molar-refractivity contribution >= 4 is 17.2 Å². The molecule has 1 amide bonds. The van der Waals surface area contributed by atoms with Gasteiger partial charge in [0.2, 0.25) is 5.91 Å². The zero-order valence-electron chi connectivity index (χ0n) is 14.7. The van der Waals surface area contributed by atoms with Crippen LogP contribution in [-0.2, 0) is 11.2 Å². The molecule has 0 saturated heterocycles. The Morgan fingerprint density at radius 1 is 1.21 bits per heavy atom. The fraction of sp³-hybridized carbons (Fsp3) is 0.444. The maximum Gasteiger partial charge on any atom is 0.227 e. The van der Waals surface area contributed by atoms with Gasteiger partial charge in [0.15, 0.2) is 0 Å². The van der Waals surface area contributed by atoms with E-state index in [-0.39, 0.29) is 11.7 Å². The van der Waals surface area contributed by atoms with E-state index in [0.29, 0.717) is 19.5 Å². The number of rotatable bonds is 7. The summed E-state index contributed by atoms with van der Waals surface area (Å²) in [6, 6.07) is 6.26. The van der Waals surface area contributed by atoms with Gasteiger partial charge in [-0.1, -0.05) is 0 Å². The van der Waals surface area contributed by atoms with Crippen molar-refractivity contribution in [3.63, 3.8) is 0 Å². The molecule has 0 N–H and O–H groups in total. The summed E-state index contributed by atoms with van der Waals surface area (Å²) in [7, 11) is 4.00. The second-order valence-electron chi connectivity index (χ2n) is 5.97. The molecule has 0 atom stereocenters. The molecule has 1 heterocycles. The summed E-state index contributed by atoms with van der Waals surface area (Å²) in [6.07, 6.45) is 0.333. The number of aromatic nitrogens is 1. The van der Waals surface area contributed by atoms with Gasteiger partial charge in [-0.3, -0.25) is 4.79 Å². The van der Waals surface area contributed by atoms with Crippen LogP contribution in [0.5, 0.6) is 0 Å². The number of thiazole rings is 1. The normalized spacial score (nSPS) is 11.1. The van der Waals surface area contributed by atoms with E-state index >= 15 is 0 Å². The van der Waals surface area contributed by atoms with Crippen molar-refractivity contribution in [2.24, 2.45) is 0 Å². The lowest BCUT2D eigenvalue weighted by Gasteiger charge is -2.22. The second kappa shape index (κ2) is 8.35. The molecule has 0 spiro atoms. The molecule has 0 bridgehead atoms. The van der Waals surface area contributed by atoms with Crippen molar-refractivity contribution in [3.8, 4) is 11.3 Å². The fourth-order valence-corrected chi connectivity index (χ4v) is 3.40. The zero-order valence-corrected chi connectivity index (χ0v) is 15.5. The highest BCUT2D eigenvalue weighted by molar-refractivity contribution is 7.12. The maximum absolute atomic E-state index is 13.1. The topological polar surface area (TPSA) is 36.4 Å². The van der Waals surface area contributed by atoms with Crippen LogP contribution in [0.25, 0.3) is 11.3 Å². The second-order valence-corrected chi connectivity index (χ2v) is 7.25. The molecule has 6 heteroatoms. The Labute approximate surface area is 146 Å². The van der Waals surface area contributed by atoms with Gasteiger partial charge >= 0.3 is 0 Å². The quantitative estimate of drug-likeness (QED) is 0.770. The standard InChI is InChI=1S/C18H24FN3OS/c1-5-22(11-10-21(3)4)17(23)12-16-18(20-13(2)24-16)14-6-8-15(19)9-7-14/h6-9H,5,10-12H2,1-4H3. The minimum Gasteiger partial charge on any atom is -0.341 e. The third-order valence-corrected chi connectivity index (χ3v) is 4.76. The molecule has 0 aliphatic carbocycles. The van der Waals surface area contributed by atoms with Gasteiger partial charge in [0.05, 0.1) is 17.1 Å². The molecule has 4 nitrogen and oxygen atoms in total. The molecule has 0 aliphatic heterocycles. The summed E-state index contributed by atoms with van der Waals surface area (Å²) in [5, 5.41) is 0.911. The molecule has 24 heavy (non-hydrogen) atoms. The van der Waals surface area contributed by atoms with E-state index in [1.165, 1.54) is 23.5 Å². The minimum absolute atomic E-state index is 0.103. The predicted octanol–water partition coefficient (Wildman–Crippen LogP) is 3.21. The smallest absolute Gasteiger partial charge is 0.227 e. The van der Waals surface area contributed by atoms with Crippen LogP contribution < -0.4 is 0 Å². The van der Waals surface area contributed by atoms with Crippen LogP contribution in [-0.4, -0.2) is 54.4 Å². The first kappa shape index (κ1) is 18.5. The van der Waals surface area contributed by atoms with Crippen molar-refractivity contribution in [2.75, 3.05) is 33.7 Å². The summed E-state index contributed by atoms with van der Waals surface area (Å²) >= 11 is 1.53. The molecular formula is C18H24FN3OS. The van der Waals surface area contributed by atoms with Gasteiger partial charge in [-0.2, -0.15) is 0 Å². The first-order chi connectivity index (χ1) is 11.4. The fourth-order valence-electron chi connectivity index (χ4n) is 2.45. The zero-order chi connectivity index (χ0) is 17.7. The molecule has 130 valence electrons. The molecule has 0 saturated carbocycles. The molecular weight excluding hydrogens is 325 g/mol. The van der Waals surface area contributed by atoms with E-state index in [1.54, 1.807) is 12.1 Å². The third-order valence-electron chi connectivity index (χ3n) is 3.79. The van der Waals surface area contributed by atoms with Crippen LogP contribution in [0.2, 0.25) is 0 Å². The minimum atomic E-state index is -0.274. The Balaban J connectivity index is 2.17. The molecule has 2 rings (SSSR count). The van der Waals surface area contributed by atoms with Gasteiger partial charge in [0, 0.05) is 30.1 Å². The largest absolute Gasteiger partial charge is 0.341 e. The number of amides is 1. The van der Waals surface area contributed by atoms with Crippen molar-refractivity contribution in [1.29, 1.82) is 0 Å². The van der Waals surface area contributed by atoms with Gasteiger partial charge < -0.3 is 9.80 Å². The van der Waals surface area contributed by atoms with Crippen molar-refractivity contribution in [3.05, 3.63) is 40.0 Å². The van der Waals surface area contributed by atoms with E-state index < -0.39 is 0 Å². The Kier molecular flexibility index (Phi) is 6.45. The number of nitrogens with zero attached hydrogens (tertiary/aromatic N) is 3. The SMILES string of the molecule is CCN(CCN(C)C)C(=O)Cc1sc(C)nc1-c1ccc(F)cc1. The van der Waals surface area contributed by atoms with E-state index in [2.05, 4.69) is 9.88 Å². The molecule has 1 aromatic heterocycles. The van der Waals surface area contributed by atoms with Crippen LogP contribution in [0.3, 0.4) is 0 Å². The van der Waals surface area contributed by atoms with E-state index in [9.17, 15) is 9.18 Å². The van der Waals surface area contributed by atoms with E-state index in [1.807, 2.05) is 32.8 Å². The number of aryl methyl sites for hydroxylation is 1. The maximum atomic E-state index is 13.1.